The monoisotopic (exact) mass is 1890 g/mol. The Balaban J connectivity index is 0.000000255. The molecule has 2 amide bonds. The first kappa shape index (κ1) is 102. The molecule has 41 heteroatoms. The number of primary amides is 1. The molecule has 0 unspecified atom stereocenters. The highest BCUT2D eigenvalue weighted by Gasteiger charge is 2.19. The van der Waals surface area contributed by atoms with E-state index in [2.05, 4.69) is 103 Å². The number of Topliss-reactive ketones (excluding diaryl/α,β-unsaturated/α-hetero) is 1. The van der Waals surface area contributed by atoms with Gasteiger partial charge in [-0.15, -0.1) is 24.0 Å². The number of carboxylic acids is 1. The molecule has 0 bridgehead atoms. The quantitative estimate of drug-likeness (QED) is 0.0133. The number of hydrogen-bond acceptors (Lipinski definition) is 32. The van der Waals surface area contributed by atoms with Gasteiger partial charge in [0.25, 0.3) is 5.56 Å². The number of ether oxygens (including phenoxy) is 8. The maximum Gasteiger partial charge on any atom is 0.339 e. The van der Waals surface area contributed by atoms with Gasteiger partial charge in [-0.05, 0) is 166 Å². The minimum absolute atomic E-state index is 0. The molecule has 0 aliphatic carbocycles. The summed E-state index contributed by atoms with van der Waals surface area (Å²) in [4.78, 5) is 190. The van der Waals surface area contributed by atoms with Crippen LogP contribution in [0, 0.1) is 20.8 Å². The van der Waals surface area contributed by atoms with E-state index < -0.39 is 65.0 Å². The topological polar surface area (TPSA) is 541 Å². The van der Waals surface area contributed by atoms with E-state index in [1.165, 1.54) is 111 Å². The molecule has 6 heterocycles. The molecular weight excluding hydrogens is 1820 g/mol. The van der Waals surface area contributed by atoms with Gasteiger partial charge >= 0.3 is 65.4 Å². The third-order valence-electron chi connectivity index (χ3n) is 16.3. The number of H-pyrrole nitrogens is 2. The lowest BCUT2D eigenvalue weighted by molar-refractivity contribution is 0.0587. The molecule has 6 aromatic heterocycles. The number of esters is 8. The number of carbonyl (C=O) groups is 11. The number of anilines is 2. The lowest BCUT2D eigenvalue weighted by atomic mass is 10.1. The Morgan fingerprint density at radius 2 is 0.714 bits per heavy atom. The first-order chi connectivity index (χ1) is 59.5. The second-order valence-corrected chi connectivity index (χ2v) is 25.5. The fraction of sp³-hybridized carbons (Fsp3) is 0.165. The first-order valence-electron chi connectivity index (χ1n) is 36.1. The van der Waals surface area contributed by atoms with E-state index >= 15 is 0 Å². The van der Waals surface area contributed by atoms with Gasteiger partial charge in [-0.1, -0.05) is 55.8 Å². The predicted octanol–water partition coefficient (Wildman–Crippen LogP) is 13.5. The van der Waals surface area contributed by atoms with E-state index in [9.17, 15) is 62.3 Å². The van der Waals surface area contributed by atoms with Crippen LogP contribution in [0.1, 0.15) is 142 Å². The number of amides is 2. The van der Waals surface area contributed by atoms with Crippen LogP contribution in [0.15, 0.2) is 180 Å². The van der Waals surface area contributed by atoms with Crippen LogP contribution in [0.2, 0.25) is 15.7 Å². The minimum Gasteiger partial charge on any atom is -0.478 e. The van der Waals surface area contributed by atoms with Gasteiger partial charge in [-0.3, -0.25) is 14.6 Å². The van der Waals surface area contributed by atoms with Crippen LogP contribution in [0.3, 0.4) is 0 Å². The van der Waals surface area contributed by atoms with Crippen LogP contribution in [0.25, 0.3) is 65.4 Å². The van der Waals surface area contributed by atoms with E-state index in [0.29, 0.717) is 72.3 Å². The Morgan fingerprint density at radius 1 is 0.381 bits per heavy atom. The number of benzene rings is 8. The van der Waals surface area contributed by atoms with Crippen molar-refractivity contribution in [3.05, 3.63) is 280 Å². The number of methoxy groups -OCH3 is 8. The zero-order valence-corrected chi connectivity index (χ0v) is 74.0. The van der Waals surface area contributed by atoms with Gasteiger partial charge in [-0.2, -0.15) is 0 Å². The summed E-state index contributed by atoms with van der Waals surface area (Å²) in [6, 6.07) is 37.0. The van der Waals surface area contributed by atoms with Crippen LogP contribution >= 0.6 is 58.8 Å². The van der Waals surface area contributed by atoms with Gasteiger partial charge < -0.3 is 64.8 Å². The normalized spacial score (nSPS) is 9.91. The number of rotatable bonds is 11. The molecule has 0 spiro atoms. The highest BCUT2D eigenvalue weighted by Crippen LogP contribution is 2.26. The van der Waals surface area contributed by atoms with Crippen molar-refractivity contribution in [3.63, 3.8) is 0 Å². The summed E-state index contributed by atoms with van der Waals surface area (Å²) in [6.07, 6.45) is 6.79. The highest BCUT2D eigenvalue weighted by molar-refractivity contribution is 14.0. The summed E-state index contributed by atoms with van der Waals surface area (Å²) >= 11 is 17.2. The molecule has 8 N–H and O–H groups in total. The standard InChI is InChI=1S/C11H12N2O5.C11H10N2O2.C11H10N2O.C10H6Cl2N2O2.C10H7ClN2O2.C10H8N2O4.C10H8N2O2.C10H11NO4.C2H6.HI/c1-17-9(14)6-3-4-7(10(15)18-2)8(5-6)13-11(12)16;1-7-12-6-9-4-3-8(11(14)15-2)5-10(9)13-7;1-7(14)9-3-4-10-6-12-8(2)13-11(10)5-9;1-16-9(15)5-2-3-6-7(4-5)13-10(12)14-8(6)11;1-15-9(14)6-2-3-7-5-12-10(11)13-8(7)4-6;1-16-9(14)5-2-3-6-7(4-5)11-10(15)12-8(6)13;1-6-11-5-8-3-2-7(10(13)14)4-9(8)12-6;1-14-9(12)6-3-4-7(8(11)5-6)10(13)15-2;1-2;/h3-5H,1-2H3,(H3,12,13,16);3-6H,1-2H3;3-6H,1-2H3;2-4H,1H3;2-5H,1H3;2-4H,1H3,(H2,11,12,13,15);2-5H,1H3,(H,13,14);3-5H,11H2,1-2H3;1-2H3;1H. The smallest absolute Gasteiger partial charge is 0.339 e. The number of hydrogen-bond donors (Lipinski definition) is 6. The lowest BCUT2D eigenvalue weighted by Gasteiger charge is -2.09. The number of carbonyl (C=O) groups excluding carboxylic acids is 10. The minimum atomic E-state index is -0.942. The van der Waals surface area contributed by atoms with Crippen LogP contribution in [-0.2, 0) is 37.9 Å². The number of nitrogens with two attached hydrogens (primary N) is 2. The number of aromatic nitrogens is 12. The number of aromatic amines is 2. The number of nitrogens with zero attached hydrogens (tertiary/aromatic N) is 10. The number of halogens is 4. The summed E-state index contributed by atoms with van der Waals surface area (Å²) < 4.78 is 36.4. The summed E-state index contributed by atoms with van der Waals surface area (Å²) in [6.45, 7) is 11.0. The van der Waals surface area contributed by atoms with Crippen molar-refractivity contribution < 1.29 is 95.7 Å². The lowest BCUT2D eigenvalue weighted by Crippen LogP contribution is -2.22. The largest absolute Gasteiger partial charge is 0.478 e. The van der Waals surface area contributed by atoms with Gasteiger partial charge in [-0.25, -0.2) is 103 Å². The fourth-order valence-electron chi connectivity index (χ4n) is 10.3. The zero-order valence-electron chi connectivity index (χ0n) is 69.4. The van der Waals surface area contributed by atoms with E-state index in [0.717, 1.165) is 38.4 Å². The fourth-order valence-corrected chi connectivity index (χ4v) is 10.9. The van der Waals surface area contributed by atoms with Crippen molar-refractivity contribution in [2.45, 2.75) is 41.5 Å². The third-order valence-corrected chi connectivity index (χ3v) is 17.0. The Bertz CT molecular complexity index is 6350. The predicted molar refractivity (Wildman–Crippen MR) is 477 cm³/mol. The van der Waals surface area contributed by atoms with E-state index in [4.69, 9.17) is 51.4 Å². The number of aromatic carboxylic acids is 1. The van der Waals surface area contributed by atoms with Crippen LogP contribution in [0.5, 0.6) is 0 Å². The molecule has 0 saturated carbocycles. The van der Waals surface area contributed by atoms with Gasteiger partial charge in [0.2, 0.25) is 10.6 Å². The van der Waals surface area contributed by atoms with E-state index in [-0.39, 0.29) is 90.6 Å². The van der Waals surface area contributed by atoms with Gasteiger partial charge in [0.15, 0.2) is 5.78 Å². The highest BCUT2D eigenvalue weighted by atomic mass is 127. The summed E-state index contributed by atoms with van der Waals surface area (Å²) in [5.41, 5.74) is 16.7. The molecule has 654 valence electrons. The van der Waals surface area contributed by atoms with Crippen LogP contribution < -0.4 is 28.0 Å². The average molecular weight is 1900 g/mol. The maximum atomic E-state index is 11.4. The SMILES string of the molecule is CC.CC(=O)c1ccc2cnc(C)nc2c1.COC(=O)c1ccc(C(=O)OC)c(N)c1.COC(=O)c1ccc(C(=O)OC)c(NC(N)=O)c1.COC(=O)c1ccc2c(=O)[nH]c(=O)[nH]c2c1.COC(=O)c1ccc2c(Cl)nc(Cl)nc2c1.COC(=O)c1ccc2cnc(C)nc2c1.COC(=O)c1ccc2cnc(Cl)nc2c1.Cc1ncc2ccc(C(=O)O)cc2n1.I. The molecule has 126 heavy (non-hydrogen) atoms. The number of fused-ring (bicyclic) bond motifs is 6. The number of aryl methyl sites for hydroxylation is 3. The number of urea groups is 1. The molecule has 0 aliphatic rings. The van der Waals surface area contributed by atoms with Crippen molar-refractivity contribution in [2.75, 3.05) is 67.9 Å². The van der Waals surface area contributed by atoms with Gasteiger partial charge in [0, 0.05) is 63.0 Å². The molecule has 0 saturated heterocycles. The molecule has 8 aromatic carbocycles. The Morgan fingerprint density at radius 3 is 1.13 bits per heavy atom. The second kappa shape index (κ2) is 49.2. The molecule has 0 fully saturated rings. The van der Waals surface area contributed by atoms with Crippen LogP contribution in [-0.4, -0.2) is 187 Å². The number of nitrogens with one attached hydrogen (secondary N) is 3. The molecule has 0 radical (unpaired) electrons. The molecule has 0 atom stereocenters. The van der Waals surface area contributed by atoms with Gasteiger partial charge in [0.05, 0.1) is 151 Å². The molecule has 37 nitrogen and oxygen atoms in total. The van der Waals surface area contributed by atoms with E-state index in [1.54, 1.807) is 124 Å². The summed E-state index contributed by atoms with van der Waals surface area (Å²) in [7, 11) is 10.2. The Hall–Kier alpha value is -15.0. The molecule has 14 rings (SSSR count). The molecule has 14 aromatic rings. The first-order valence-corrected chi connectivity index (χ1v) is 37.2. The molecular formula is C85H79Cl3IN15O22. The number of ketones is 1. The van der Waals surface area contributed by atoms with Crippen LogP contribution in [0.4, 0.5) is 16.2 Å². The van der Waals surface area contributed by atoms with E-state index in [1.807, 2.05) is 33.8 Å². The maximum absolute atomic E-state index is 11.4. The van der Waals surface area contributed by atoms with Crippen molar-refractivity contribution >= 4 is 201 Å². The second-order valence-electron chi connectivity index (χ2n) is 24.5. The van der Waals surface area contributed by atoms with Crippen molar-refractivity contribution in [1.29, 1.82) is 0 Å². The van der Waals surface area contributed by atoms with Crippen molar-refractivity contribution in [2.24, 2.45) is 5.73 Å². The average Bonchev–Trinajstić information content (AvgIpc) is 0.811. The summed E-state index contributed by atoms with van der Waals surface area (Å²) in [5, 5.41) is 16.0. The van der Waals surface area contributed by atoms with Gasteiger partial charge in [0.1, 0.15) is 22.6 Å². The zero-order chi connectivity index (χ0) is 92.5. The number of carboxylic acid groups (broad SMARTS) is 1. The van der Waals surface area contributed by atoms with Crippen molar-refractivity contribution in [1.82, 2.24) is 59.8 Å². The Labute approximate surface area is 747 Å². The third kappa shape index (κ3) is 29.1. The Kier molecular flexibility index (Phi) is 39.6. The van der Waals surface area contributed by atoms with Crippen molar-refractivity contribution in [3.8, 4) is 0 Å². The molecule has 0 aliphatic heterocycles. The summed E-state index contributed by atoms with van der Waals surface area (Å²) in [5.74, 6) is -2.85. The number of nitrogen functional groups attached to an aromatic ring is 1.